The molecule has 0 saturated carbocycles. The van der Waals surface area contributed by atoms with Gasteiger partial charge in [0.05, 0.1) is 11.1 Å². The van der Waals surface area contributed by atoms with Crippen molar-refractivity contribution in [2.75, 3.05) is 0 Å². The predicted molar refractivity (Wildman–Crippen MR) is 98.1 cm³/mol. The maximum absolute atomic E-state index is 14.5. The van der Waals surface area contributed by atoms with Crippen LogP contribution in [0.5, 0.6) is 0 Å². The van der Waals surface area contributed by atoms with Gasteiger partial charge in [-0.25, -0.2) is 9.18 Å². The largest absolute Gasteiger partial charge is 0.478 e. The zero-order valence-electron chi connectivity index (χ0n) is 13.9. The lowest BCUT2D eigenvalue weighted by Crippen LogP contribution is -2.19. The highest BCUT2D eigenvalue weighted by Gasteiger charge is 2.40. The fourth-order valence-corrected chi connectivity index (χ4v) is 3.09. The third-order valence-corrected chi connectivity index (χ3v) is 5.68. The Labute approximate surface area is 176 Å². The van der Waals surface area contributed by atoms with E-state index in [4.69, 9.17) is 5.11 Å². The van der Waals surface area contributed by atoms with E-state index in [-0.39, 0.29) is 22.2 Å². The van der Waals surface area contributed by atoms with Crippen molar-refractivity contribution in [3.63, 3.8) is 0 Å². The average molecular weight is 550 g/mol. The molecule has 2 nitrogen and oxygen atoms in total. The Hall–Kier alpha value is -1.88. The first-order valence-corrected chi connectivity index (χ1v) is 9.14. The first-order valence-electron chi connectivity index (χ1n) is 7.55. The van der Waals surface area contributed by atoms with Crippen molar-refractivity contribution < 1.29 is 40.6 Å². The lowest BCUT2D eigenvalue weighted by Gasteiger charge is -2.18. The van der Waals surface area contributed by atoms with Gasteiger partial charge in [0.15, 0.2) is 0 Å². The molecule has 1 N–H and O–H groups in total. The van der Waals surface area contributed by atoms with Gasteiger partial charge in [-0.2, -0.15) is 26.3 Å². The molecule has 156 valence electrons. The highest BCUT2D eigenvalue weighted by molar-refractivity contribution is 9.13. The van der Waals surface area contributed by atoms with E-state index in [2.05, 4.69) is 31.9 Å². The number of carboxylic acids is 1. The number of allylic oxidation sites excluding steroid dienone is 1. The van der Waals surface area contributed by atoms with E-state index in [0.717, 1.165) is 12.1 Å². The third-order valence-electron chi connectivity index (χ3n) is 3.80. The second kappa shape index (κ2) is 8.47. The number of halogens is 9. The van der Waals surface area contributed by atoms with Crippen LogP contribution in [0.3, 0.4) is 0 Å². The van der Waals surface area contributed by atoms with Gasteiger partial charge >= 0.3 is 18.3 Å². The summed E-state index contributed by atoms with van der Waals surface area (Å²) in [6.07, 6.45) is -9.92. The lowest BCUT2D eigenvalue weighted by molar-refractivity contribution is -0.140. The fourth-order valence-electron chi connectivity index (χ4n) is 2.44. The van der Waals surface area contributed by atoms with E-state index in [1.54, 1.807) is 0 Å². The molecule has 0 bridgehead atoms. The van der Waals surface area contributed by atoms with Crippen LogP contribution in [-0.4, -0.2) is 17.3 Å². The van der Waals surface area contributed by atoms with Crippen LogP contribution in [-0.2, 0) is 6.18 Å². The van der Waals surface area contributed by atoms with E-state index in [1.165, 1.54) is 6.07 Å². The Morgan fingerprint density at radius 3 is 2.07 bits per heavy atom. The minimum absolute atomic E-state index is 0.144. The normalized spacial score (nSPS) is 14.0. The SMILES string of the molecule is O=C(O)c1ccc(C(F)=CC(c2ccc(Br)c(Br)c2)C(F)(F)F)cc1C(F)(F)F. The fraction of sp³-hybridized carbons (Fsp3) is 0.167. The second-order valence-corrected chi connectivity index (χ2v) is 7.48. The molecule has 0 heterocycles. The van der Waals surface area contributed by atoms with Crippen molar-refractivity contribution in [1.29, 1.82) is 0 Å². The van der Waals surface area contributed by atoms with Crippen molar-refractivity contribution >= 4 is 43.7 Å². The quantitative estimate of drug-likeness (QED) is 0.399. The van der Waals surface area contributed by atoms with Crippen LogP contribution < -0.4 is 0 Å². The van der Waals surface area contributed by atoms with Crippen LogP contribution >= 0.6 is 31.9 Å². The van der Waals surface area contributed by atoms with Crippen molar-refractivity contribution in [1.82, 2.24) is 0 Å². The van der Waals surface area contributed by atoms with Crippen molar-refractivity contribution in [2.24, 2.45) is 0 Å². The molecule has 11 heteroatoms. The van der Waals surface area contributed by atoms with E-state index in [9.17, 15) is 35.5 Å². The van der Waals surface area contributed by atoms with Gasteiger partial charge in [-0.15, -0.1) is 0 Å². The summed E-state index contributed by atoms with van der Waals surface area (Å²) < 4.78 is 94.8. The van der Waals surface area contributed by atoms with Crippen molar-refractivity contribution in [2.45, 2.75) is 18.3 Å². The number of hydrogen-bond donors (Lipinski definition) is 1. The summed E-state index contributed by atoms with van der Waals surface area (Å²) in [6.45, 7) is 0. The van der Waals surface area contributed by atoms with Gasteiger partial charge in [0, 0.05) is 14.5 Å². The van der Waals surface area contributed by atoms with Crippen LogP contribution in [0.2, 0.25) is 0 Å². The summed E-state index contributed by atoms with van der Waals surface area (Å²) in [5, 5.41) is 8.84. The maximum Gasteiger partial charge on any atom is 0.417 e. The first-order chi connectivity index (χ1) is 13.2. The molecule has 0 amide bonds. The number of alkyl halides is 6. The molecule has 0 aliphatic carbocycles. The van der Waals surface area contributed by atoms with Crippen LogP contribution in [0.1, 0.15) is 33.0 Å². The summed E-state index contributed by atoms with van der Waals surface area (Å²) in [4.78, 5) is 10.9. The summed E-state index contributed by atoms with van der Waals surface area (Å²) in [5.74, 6) is -5.92. The summed E-state index contributed by atoms with van der Waals surface area (Å²) in [7, 11) is 0. The number of hydrogen-bond acceptors (Lipinski definition) is 1. The van der Waals surface area contributed by atoms with Gasteiger partial charge in [-0.05, 0) is 67.8 Å². The van der Waals surface area contributed by atoms with Crippen LogP contribution in [0.15, 0.2) is 51.4 Å². The molecule has 0 saturated heterocycles. The molecule has 1 atom stereocenters. The summed E-state index contributed by atoms with van der Waals surface area (Å²) in [5.41, 5.74) is -3.98. The zero-order valence-corrected chi connectivity index (χ0v) is 17.0. The van der Waals surface area contributed by atoms with Crippen LogP contribution in [0.4, 0.5) is 30.7 Å². The van der Waals surface area contributed by atoms with Gasteiger partial charge < -0.3 is 5.11 Å². The minimum atomic E-state index is -5.13. The minimum Gasteiger partial charge on any atom is -0.478 e. The molecule has 0 spiro atoms. The molecular formula is C18H9Br2F7O2. The number of benzene rings is 2. The molecule has 0 aliphatic heterocycles. The van der Waals surface area contributed by atoms with Crippen molar-refractivity contribution in [3.05, 3.63) is 73.7 Å². The highest BCUT2D eigenvalue weighted by Crippen LogP contribution is 2.41. The molecule has 0 aromatic heterocycles. The van der Waals surface area contributed by atoms with Gasteiger partial charge in [-0.1, -0.05) is 12.1 Å². The predicted octanol–water partition coefficient (Wildman–Crippen LogP) is 7.59. The monoisotopic (exact) mass is 548 g/mol. The van der Waals surface area contributed by atoms with E-state index in [1.807, 2.05) is 0 Å². The number of aromatic carboxylic acids is 1. The summed E-state index contributed by atoms with van der Waals surface area (Å²) >= 11 is 6.13. The zero-order chi connectivity index (χ0) is 22.1. The number of rotatable bonds is 4. The molecule has 2 rings (SSSR count). The Balaban J connectivity index is 2.58. The molecule has 0 radical (unpaired) electrons. The Bertz CT molecular complexity index is 966. The van der Waals surface area contributed by atoms with Gasteiger partial charge in [0.1, 0.15) is 11.7 Å². The van der Waals surface area contributed by atoms with Crippen molar-refractivity contribution in [3.8, 4) is 0 Å². The number of carboxylic acid groups (broad SMARTS) is 1. The summed E-state index contributed by atoms with van der Waals surface area (Å²) in [6, 6.07) is 4.82. The standard InChI is InChI=1S/C18H9Br2F7O2/c19-13-4-2-8(6-14(13)20)11(17(22,23)24)7-15(21)9-1-3-10(16(28)29)12(5-9)18(25,26)27/h1-7,11H,(H,28,29). The first kappa shape index (κ1) is 23.4. The Kier molecular flexibility index (Phi) is 6.83. The molecule has 2 aromatic rings. The van der Waals surface area contributed by atoms with E-state index >= 15 is 0 Å². The smallest absolute Gasteiger partial charge is 0.417 e. The van der Waals surface area contributed by atoms with Gasteiger partial charge in [-0.3, -0.25) is 0 Å². The second-order valence-electron chi connectivity index (χ2n) is 5.77. The average Bonchev–Trinajstić information content (AvgIpc) is 2.59. The van der Waals surface area contributed by atoms with Gasteiger partial charge in [0.25, 0.3) is 0 Å². The highest BCUT2D eigenvalue weighted by atomic mass is 79.9. The molecule has 0 fully saturated rings. The molecule has 29 heavy (non-hydrogen) atoms. The van der Waals surface area contributed by atoms with E-state index < -0.39 is 46.8 Å². The molecule has 0 aliphatic rings. The maximum atomic E-state index is 14.5. The van der Waals surface area contributed by atoms with Crippen LogP contribution in [0.25, 0.3) is 5.83 Å². The molecule has 1 unspecified atom stereocenters. The van der Waals surface area contributed by atoms with Crippen LogP contribution in [0, 0.1) is 0 Å². The molecule has 2 aromatic carbocycles. The topological polar surface area (TPSA) is 37.3 Å². The molecular weight excluding hydrogens is 541 g/mol. The Morgan fingerprint density at radius 2 is 1.59 bits per heavy atom. The van der Waals surface area contributed by atoms with Gasteiger partial charge in [0.2, 0.25) is 0 Å². The van der Waals surface area contributed by atoms with E-state index in [0.29, 0.717) is 16.6 Å². The number of carbonyl (C=O) groups is 1. The third kappa shape index (κ3) is 5.59. The Morgan fingerprint density at radius 1 is 0.966 bits per heavy atom. The lowest BCUT2D eigenvalue weighted by atomic mass is 9.95.